The first-order chi connectivity index (χ1) is 6.63. The number of hydrogen-bond acceptors (Lipinski definition) is 3. The van der Waals surface area contributed by atoms with Gasteiger partial charge in [0.05, 0.1) is 0 Å². The minimum atomic E-state index is -0.998. The first kappa shape index (κ1) is 9.24. The summed E-state index contributed by atoms with van der Waals surface area (Å²) in [5, 5.41) is 8.91. The van der Waals surface area contributed by atoms with Gasteiger partial charge in [0, 0.05) is 5.41 Å². The summed E-state index contributed by atoms with van der Waals surface area (Å²) in [5.41, 5.74) is -0.0427. The quantitative estimate of drug-likeness (QED) is 0.785. The lowest BCUT2D eigenvalue weighted by molar-refractivity contribution is 0.0686. The zero-order valence-corrected chi connectivity index (χ0v) is 8.12. The van der Waals surface area contributed by atoms with Crippen LogP contribution in [0.25, 0.3) is 0 Å². The van der Waals surface area contributed by atoms with Gasteiger partial charge in [0.2, 0.25) is 0 Å². The molecule has 1 N–H and O–H groups in total. The molecule has 1 aliphatic carbocycles. The molecule has 1 aromatic heterocycles. The molecule has 1 aromatic rings. The maximum Gasteiger partial charge on any atom is 0.358 e. The number of aromatic carboxylic acids is 1. The molecule has 0 saturated heterocycles. The van der Waals surface area contributed by atoms with E-state index in [2.05, 4.69) is 4.98 Å². The molecule has 0 unspecified atom stereocenters. The third kappa shape index (κ3) is 1.31. The van der Waals surface area contributed by atoms with Crippen LogP contribution in [0, 0.1) is 0 Å². The number of nitrogens with zero attached hydrogens (tertiary/aromatic N) is 1. The summed E-state index contributed by atoms with van der Waals surface area (Å²) in [5.74, 6) is -0.454. The highest BCUT2D eigenvalue weighted by Crippen LogP contribution is 2.41. The van der Waals surface area contributed by atoms with Crippen LogP contribution in [0.2, 0.25) is 0 Å². The molecule has 1 saturated carbocycles. The zero-order valence-electron chi connectivity index (χ0n) is 8.12. The molecule has 4 nitrogen and oxygen atoms in total. The van der Waals surface area contributed by atoms with Crippen molar-refractivity contribution >= 4 is 5.97 Å². The van der Waals surface area contributed by atoms with Gasteiger partial charge in [-0.15, -0.1) is 0 Å². The van der Waals surface area contributed by atoms with Crippen LogP contribution in [0.4, 0.5) is 0 Å². The van der Waals surface area contributed by atoms with Gasteiger partial charge >= 0.3 is 5.97 Å². The predicted octanol–water partition coefficient (Wildman–Crippen LogP) is 2.20. The van der Waals surface area contributed by atoms with Crippen LogP contribution < -0.4 is 0 Å². The third-order valence-electron chi connectivity index (χ3n) is 3.03. The van der Waals surface area contributed by atoms with E-state index >= 15 is 0 Å². The van der Waals surface area contributed by atoms with E-state index in [0.717, 1.165) is 25.7 Å². The van der Waals surface area contributed by atoms with Gasteiger partial charge in [-0.25, -0.2) is 9.78 Å². The van der Waals surface area contributed by atoms with Crippen molar-refractivity contribution in [2.45, 2.75) is 38.0 Å². The first-order valence-electron chi connectivity index (χ1n) is 4.81. The molecule has 4 heteroatoms. The van der Waals surface area contributed by atoms with Crippen LogP contribution in [0.1, 0.15) is 48.9 Å². The molecule has 0 aliphatic heterocycles. The Morgan fingerprint density at radius 3 is 2.79 bits per heavy atom. The van der Waals surface area contributed by atoms with E-state index in [0.29, 0.717) is 5.76 Å². The van der Waals surface area contributed by atoms with E-state index in [-0.39, 0.29) is 11.1 Å². The van der Waals surface area contributed by atoms with E-state index in [4.69, 9.17) is 9.52 Å². The molecule has 0 aromatic carbocycles. The summed E-state index contributed by atoms with van der Waals surface area (Å²) in [6, 6.07) is 0. The Morgan fingerprint density at radius 1 is 1.57 bits per heavy atom. The molecule has 2 rings (SSSR count). The molecule has 14 heavy (non-hydrogen) atoms. The standard InChI is InChI=1S/C10H13NO3/c1-10(4-2-3-5-10)8-7(9(12)13)11-6-14-8/h6H,2-5H2,1H3,(H,12,13). The summed E-state index contributed by atoms with van der Waals surface area (Å²) >= 11 is 0. The van der Waals surface area contributed by atoms with Gasteiger partial charge in [0.25, 0.3) is 0 Å². The fourth-order valence-corrected chi connectivity index (χ4v) is 2.21. The normalized spacial score (nSPS) is 19.8. The number of rotatable bonds is 2. The molecule has 0 atom stereocenters. The molecular weight excluding hydrogens is 182 g/mol. The van der Waals surface area contributed by atoms with E-state index in [1.165, 1.54) is 6.39 Å². The van der Waals surface area contributed by atoms with Gasteiger partial charge in [-0.1, -0.05) is 19.8 Å². The molecule has 0 amide bonds. The van der Waals surface area contributed by atoms with Crippen LogP contribution in [0.3, 0.4) is 0 Å². The smallest absolute Gasteiger partial charge is 0.358 e. The number of oxazole rings is 1. The minimum absolute atomic E-state index is 0.0781. The molecular formula is C10H13NO3. The van der Waals surface area contributed by atoms with Crippen LogP contribution >= 0.6 is 0 Å². The number of aromatic nitrogens is 1. The summed E-state index contributed by atoms with van der Waals surface area (Å²) in [7, 11) is 0. The maximum absolute atomic E-state index is 10.9. The second-order valence-corrected chi connectivity index (χ2v) is 4.10. The molecule has 1 heterocycles. The average Bonchev–Trinajstić information content (AvgIpc) is 2.71. The molecule has 0 radical (unpaired) electrons. The highest BCUT2D eigenvalue weighted by Gasteiger charge is 2.37. The van der Waals surface area contributed by atoms with Gasteiger partial charge in [0.1, 0.15) is 5.76 Å². The molecule has 76 valence electrons. The summed E-state index contributed by atoms with van der Waals surface area (Å²) < 4.78 is 5.22. The monoisotopic (exact) mass is 195 g/mol. The highest BCUT2D eigenvalue weighted by molar-refractivity contribution is 5.86. The number of carbonyl (C=O) groups is 1. The van der Waals surface area contributed by atoms with Crippen molar-refractivity contribution in [3.63, 3.8) is 0 Å². The van der Waals surface area contributed by atoms with Crippen LogP contribution in [0.5, 0.6) is 0 Å². The van der Waals surface area contributed by atoms with Crippen molar-refractivity contribution in [2.24, 2.45) is 0 Å². The molecule has 1 aliphatic rings. The van der Waals surface area contributed by atoms with Crippen LogP contribution in [0.15, 0.2) is 10.8 Å². The average molecular weight is 195 g/mol. The van der Waals surface area contributed by atoms with Crippen LogP contribution in [-0.2, 0) is 5.41 Å². The SMILES string of the molecule is CC1(c2ocnc2C(=O)O)CCCC1. The Balaban J connectivity index is 2.40. The zero-order chi connectivity index (χ0) is 10.2. The number of carboxylic acid groups (broad SMARTS) is 1. The van der Waals surface area contributed by atoms with E-state index < -0.39 is 5.97 Å². The molecule has 0 spiro atoms. The highest BCUT2D eigenvalue weighted by atomic mass is 16.4. The fourth-order valence-electron chi connectivity index (χ4n) is 2.21. The second kappa shape index (κ2) is 3.12. The molecule has 0 bridgehead atoms. The van der Waals surface area contributed by atoms with E-state index in [1.54, 1.807) is 0 Å². The van der Waals surface area contributed by atoms with Crippen molar-refractivity contribution in [3.8, 4) is 0 Å². The topological polar surface area (TPSA) is 63.3 Å². The summed E-state index contributed by atoms with van der Waals surface area (Å²) in [6.07, 6.45) is 5.47. The van der Waals surface area contributed by atoms with Gasteiger partial charge in [-0.3, -0.25) is 0 Å². The predicted molar refractivity (Wildman–Crippen MR) is 49.3 cm³/mol. The maximum atomic E-state index is 10.9. The van der Waals surface area contributed by atoms with Crippen molar-refractivity contribution in [3.05, 3.63) is 17.8 Å². The fraction of sp³-hybridized carbons (Fsp3) is 0.600. The lowest BCUT2D eigenvalue weighted by Gasteiger charge is -2.20. The van der Waals surface area contributed by atoms with Crippen molar-refractivity contribution in [1.29, 1.82) is 0 Å². The van der Waals surface area contributed by atoms with E-state index in [9.17, 15) is 4.79 Å². The minimum Gasteiger partial charge on any atom is -0.476 e. The Labute approximate surface area is 81.9 Å². The van der Waals surface area contributed by atoms with Crippen molar-refractivity contribution in [2.75, 3.05) is 0 Å². The number of carboxylic acids is 1. The Kier molecular flexibility index (Phi) is 2.06. The van der Waals surface area contributed by atoms with E-state index in [1.807, 2.05) is 6.92 Å². The lowest BCUT2D eigenvalue weighted by Crippen LogP contribution is -2.19. The lowest BCUT2D eigenvalue weighted by atomic mass is 9.85. The third-order valence-corrected chi connectivity index (χ3v) is 3.03. The summed E-state index contributed by atoms with van der Waals surface area (Å²) in [6.45, 7) is 2.05. The second-order valence-electron chi connectivity index (χ2n) is 4.10. The van der Waals surface area contributed by atoms with Gasteiger partial charge < -0.3 is 9.52 Å². The largest absolute Gasteiger partial charge is 0.476 e. The first-order valence-corrected chi connectivity index (χ1v) is 4.81. The number of hydrogen-bond donors (Lipinski definition) is 1. The van der Waals surface area contributed by atoms with Crippen LogP contribution in [-0.4, -0.2) is 16.1 Å². The molecule has 1 fully saturated rings. The van der Waals surface area contributed by atoms with Gasteiger partial charge in [0.15, 0.2) is 12.1 Å². The van der Waals surface area contributed by atoms with Gasteiger partial charge in [-0.2, -0.15) is 0 Å². The Bertz CT molecular complexity index is 350. The van der Waals surface area contributed by atoms with Crippen molar-refractivity contribution in [1.82, 2.24) is 4.98 Å². The van der Waals surface area contributed by atoms with Gasteiger partial charge in [-0.05, 0) is 12.8 Å². The Morgan fingerprint density at radius 2 is 2.21 bits per heavy atom. The Hall–Kier alpha value is -1.32. The summed E-state index contributed by atoms with van der Waals surface area (Å²) in [4.78, 5) is 14.6. The van der Waals surface area contributed by atoms with Crippen molar-refractivity contribution < 1.29 is 14.3 Å².